The van der Waals surface area contributed by atoms with Gasteiger partial charge in [-0.1, -0.05) is 51.5 Å². The Kier molecular flexibility index (Phi) is 10.1. The average molecular weight is 709 g/mol. The van der Waals surface area contributed by atoms with Gasteiger partial charge in [-0.15, -0.1) is 0 Å². The second-order valence-electron chi connectivity index (χ2n) is 18.5. The van der Waals surface area contributed by atoms with Gasteiger partial charge in [0.15, 0.2) is 11.5 Å². The van der Waals surface area contributed by atoms with E-state index in [2.05, 4.69) is 52.3 Å². The normalized spacial score (nSPS) is 49.4. The van der Waals surface area contributed by atoms with Crippen molar-refractivity contribution in [3.63, 3.8) is 0 Å². The standard InChI is InChI=1S/C43H65NO7/c1-25-10-9-11-38-41(22-28(4)30(6)24-44-38)15-13-33(37-20-27(3)39(46)48-37)31(7)34(41)19-26(2)35(45)21-36-29(5)23-42(50-36)16-17-43(51-42)40(8,47)14-12-32(18-25)49-43/h19,27-30,32,34-37,45,47H,1,9-18,20-24H2,2-8H3/p+1/b26-19+/t27?,28-,29+,30-,32-,34-,35-,36+,37?,40+,41+,42?,43+/m0/s1. The number of nitrogens with one attached hydrogen (secondary N) is 1. The number of carbonyl (C=O) groups excluding carboxylic acids is 1. The highest BCUT2D eigenvalue weighted by Crippen LogP contribution is 2.57. The second kappa shape index (κ2) is 13.8. The molecule has 7 rings (SSSR count). The summed E-state index contributed by atoms with van der Waals surface area (Å²) in [7, 11) is 0. The van der Waals surface area contributed by atoms with Crippen LogP contribution in [-0.4, -0.2) is 70.0 Å². The van der Waals surface area contributed by atoms with Gasteiger partial charge in [-0.25, -0.2) is 4.99 Å². The highest BCUT2D eigenvalue weighted by atomic mass is 16.8. The highest BCUT2D eigenvalue weighted by molar-refractivity contribution is 5.87. The number of aliphatic hydroxyl groups is 2. The molecule has 0 radical (unpaired) electrons. The zero-order valence-electron chi connectivity index (χ0n) is 32.5. The van der Waals surface area contributed by atoms with Crippen molar-refractivity contribution in [3.8, 4) is 0 Å². The Bertz CT molecular complexity index is 1480. The van der Waals surface area contributed by atoms with Crippen LogP contribution < -0.4 is 4.99 Å². The van der Waals surface area contributed by atoms with Gasteiger partial charge in [-0.05, 0) is 95.1 Å². The van der Waals surface area contributed by atoms with Crippen LogP contribution >= 0.6 is 0 Å². The van der Waals surface area contributed by atoms with Crippen molar-refractivity contribution in [2.75, 3.05) is 6.54 Å². The van der Waals surface area contributed by atoms with Gasteiger partial charge in [-0.2, -0.15) is 0 Å². The van der Waals surface area contributed by atoms with E-state index in [-0.39, 0.29) is 47.4 Å². The lowest BCUT2D eigenvalue weighted by atomic mass is 9.56. The molecule has 51 heavy (non-hydrogen) atoms. The smallest absolute Gasteiger partial charge is 0.309 e. The number of hydrogen-bond acceptors (Lipinski definition) is 7. The molecular formula is C43H66NO7+. The number of allylic oxidation sites excluding steroid dienone is 2. The summed E-state index contributed by atoms with van der Waals surface area (Å²) in [4.78, 5) is 16.6. The molecule has 8 heteroatoms. The van der Waals surface area contributed by atoms with Crippen molar-refractivity contribution < 1.29 is 38.9 Å². The fraction of sp³-hybridized carbons (Fsp3) is 0.814. The number of hydrogen-bond donors (Lipinski definition) is 3. The van der Waals surface area contributed by atoms with Gasteiger partial charge in [0.05, 0.1) is 29.6 Å². The second-order valence-corrected chi connectivity index (χ2v) is 18.5. The molecule has 4 saturated heterocycles. The Morgan fingerprint density at radius 3 is 2.47 bits per heavy atom. The minimum atomic E-state index is -1.11. The topological polar surface area (TPSA) is 108 Å². The van der Waals surface area contributed by atoms with Crippen molar-refractivity contribution >= 4 is 11.7 Å². The zero-order chi connectivity index (χ0) is 36.5. The highest BCUT2D eigenvalue weighted by Gasteiger charge is 2.64. The minimum absolute atomic E-state index is 0.0590. The molecule has 4 fully saturated rings. The summed E-state index contributed by atoms with van der Waals surface area (Å²) < 4.78 is 26.4. The maximum atomic E-state index is 12.6. The van der Waals surface area contributed by atoms with Crippen LogP contribution in [0.15, 0.2) is 34.9 Å². The SMILES string of the molecule is C=C1CCCC2=[NH+]C[C@H](C)[C@@H](C)C[C@@]23CCC(C2CC(C)C(=O)O2)=C(C)[C@@H]3/C=C(\C)[C@@H](O)C[C@H]2OC3(CC[C@@]4(O[C@@H](CC[C@@]4(C)O)C1)O3)C[C@H]2C. The summed E-state index contributed by atoms with van der Waals surface area (Å²) in [6.45, 7) is 20.7. The lowest BCUT2D eigenvalue weighted by Crippen LogP contribution is -2.77. The van der Waals surface area contributed by atoms with Gasteiger partial charge >= 0.3 is 5.97 Å². The molecular weight excluding hydrogens is 642 g/mol. The molecule has 0 amide bonds. The Morgan fingerprint density at radius 1 is 0.941 bits per heavy atom. The van der Waals surface area contributed by atoms with Crippen molar-refractivity contribution in [2.45, 2.75) is 180 Å². The minimum Gasteiger partial charge on any atom is -0.458 e. The molecule has 8 nitrogen and oxygen atoms in total. The van der Waals surface area contributed by atoms with E-state index in [4.69, 9.17) is 18.9 Å². The van der Waals surface area contributed by atoms with Crippen molar-refractivity contribution in [1.29, 1.82) is 0 Å². The van der Waals surface area contributed by atoms with Crippen LogP contribution in [0, 0.1) is 35.0 Å². The Balaban J connectivity index is 1.27. The van der Waals surface area contributed by atoms with Crippen LogP contribution in [0.1, 0.15) is 138 Å². The first-order chi connectivity index (χ1) is 24.1. The van der Waals surface area contributed by atoms with E-state index in [1.54, 1.807) is 0 Å². The first-order valence-corrected chi connectivity index (χ1v) is 20.4. The fourth-order valence-electron chi connectivity index (χ4n) is 11.2. The van der Waals surface area contributed by atoms with Crippen LogP contribution in [0.4, 0.5) is 0 Å². The Labute approximate surface area is 306 Å². The monoisotopic (exact) mass is 708 g/mol. The first-order valence-electron chi connectivity index (χ1n) is 20.4. The predicted octanol–water partition coefficient (Wildman–Crippen LogP) is 6.23. The quantitative estimate of drug-likeness (QED) is 0.219. The molecule has 0 saturated carbocycles. The van der Waals surface area contributed by atoms with Crippen LogP contribution in [0.25, 0.3) is 0 Å². The van der Waals surface area contributed by atoms with Crippen molar-refractivity contribution in [1.82, 2.24) is 0 Å². The maximum absolute atomic E-state index is 12.6. The Hall–Kier alpha value is -1.84. The number of cyclic esters (lactones) is 1. The van der Waals surface area contributed by atoms with E-state index in [1.807, 2.05) is 13.8 Å². The van der Waals surface area contributed by atoms with Gasteiger partial charge in [0, 0.05) is 50.4 Å². The molecule has 3 spiro atoms. The Morgan fingerprint density at radius 2 is 1.73 bits per heavy atom. The zero-order valence-corrected chi connectivity index (χ0v) is 32.5. The van der Waals surface area contributed by atoms with Crippen LogP contribution in [0.5, 0.6) is 0 Å². The average Bonchev–Trinajstić information content (AvgIpc) is 3.67. The largest absolute Gasteiger partial charge is 0.458 e. The van der Waals surface area contributed by atoms with E-state index < -0.39 is 23.3 Å². The van der Waals surface area contributed by atoms with E-state index in [0.29, 0.717) is 43.9 Å². The maximum Gasteiger partial charge on any atom is 0.309 e. The molecule has 1 aliphatic carbocycles. The molecule has 0 aromatic carbocycles. The number of fused-ring (bicyclic) bond motifs is 2. The number of rotatable bonds is 1. The fourth-order valence-corrected chi connectivity index (χ4v) is 11.2. The number of carbonyl (C=O) groups is 1. The molecule has 3 unspecified atom stereocenters. The van der Waals surface area contributed by atoms with E-state index in [9.17, 15) is 15.0 Å². The molecule has 13 atom stereocenters. The third-order valence-corrected chi connectivity index (χ3v) is 14.8. The van der Waals surface area contributed by atoms with Gasteiger partial charge in [0.25, 0.3) is 0 Å². The summed E-state index contributed by atoms with van der Waals surface area (Å²) in [6, 6.07) is 0. The summed E-state index contributed by atoms with van der Waals surface area (Å²) in [5.74, 6) is -0.782. The van der Waals surface area contributed by atoms with Gasteiger partial charge in [0.2, 0.25) is 5.79 Å². The first kappa shape index (κ1) is 37.5. The summed E-state index contributed by atoms with van der Waals surface area (Å²) in [6.07, 6.45) is 12.5. The van der Waals surface area contributed by atoms with Gasteiger partial charge in [0.1, 0.15) is 18.2 Å². The molecule has 3 N–H and O–H groups in total. The molecule has 7 aliphatic rings. The molecule has 284 valence electrons. The van der Waals surface area contributed by atoms with Crippen LogP contribution in [-0.2, 0) is 23.7 Å². The summed E-state index contributed by atoms with van der Waals surface area (Å²) >= 11 is 0. The van der Waals surface area contributed by atoms with Crippen LogP contribution in [0.2, 0.25) is 0 Å². The number of esters is 1. The molecule has 6 aliphatic heterocycles. The van der Waals surface area contributed by atoms with Crippen LogP contribution in [0.3, 0.4) is 0 Å². The van der Waals surface area contributed by atoms with Gasteiger partial charge < -0.3 is 29.2 Å². The molecule has 0 aromatic rings. The van der Waals surface area contributed by atoms with Crippen molar-refractivity contribution in [3.05, 3.63) is 34.9 Å². The molecule has 0 aromatic heterocycles. The number of aliphatic hydroxyl groups excluding tert-OH is 1. The van der Waals surface area contributed by atoms with E-state index >= 15 is 0 Å². The van der Waals surface area contributed by atoms with Crippen molar-refractivity contribution in [2.24, 2.45) is 35.0 Å². The van der Waals surface area contributed by atoms with Gasteiger partial charge in [-0.3, -0.25) is 4.79 Å². The third-order valence-electron chi connectivity index (χ3n) is 14.8. The summed E-state index contributed by atoms with van der Waals surface area (Å²) in [5, 5.41) is 23.6. The lowest BCUT2D eigenvalue weighted by molar-refractivity contribution is -0.470. The predicted molar refractivity (Wildman–Crippen MR) is 196 cm³/mol. The molecule has 4 bridgehead atoms. The van der Waals surface area contributed by atoms with E-state index in [0.717, 1.165) is 69.9 Å². The third kappa shape index (κ3) is 6.77. The lowest BCUT2D eigenvalue weighted by Gasteiger charge is -2.49. The summed E-state index contributed by atoms with van der Waals surface area (Å²) in [5.41, 5.74) is 4.95. The van der Waals surface area contributed by atoms with E-state index in [1.165, 1.54) is 22.4 Å². The molecule has 6 heterocycles. The number of ether oxygens (including phenoxy) is 4.